The van der Waals surface area contributed by atoms with Crippen LogP contribution in [0.5, 0.6) is 0 Å². The molecule has 1 saturated carbocycles. The number of ketones is 3. The molecule has 1 aliphatic carbocycles. The van der Waals surface area contributed by atoms with Crippen molar-refractivity contribution < 1.29 is 37.1 Å². The number of carbonyl (C=O) groups excluding carboxylic acids is 5. The second-order valence-corrected chi connectivity index (χ2v) is 18.4. The van der Waals surface area contributed by atoms with Crippen LogP contribution in [0.4, 0.5) is 0 Å². The summed E-state index contributed by atoms with van der Waals surface area (Å²) in [5.74, 6) is -4.22. The first-order valence-corrected chi connectivity index (χ1v) is 20.0. The summed E-state index contributed by atoms with van der Waals surface area (Å²) in [6, 6.07) is 5.65. The highest BCUT2D eigenvalue weighted by Crippen LogP contribution is 2.65. The number of amides is 1. The summed E-state index contributed by atoms with van der Waals surface area (Å²) in [5, 5.41) is 0. The van der Waals surface area contributed by atoms with E-state index in [4.69, 9.17) is 4.74 Å². The lowest BCUT2D eigenvalue weighted by atomic mass is 9.85. The zero-order chi connectivity index (χ0) is 36.1. The molecule has 0 aromatic heterocycles. The van der Waals surface area contributed by atoms with Crippen LogP contribution in [0.3, 0.4) is 0 Å². The fourth-order valence-corrected chi connectivity index (χ4v) is 9.23. The molecule has 10 heteroatoms. The van der Waals surface area contributed by atoms with Crippen molar-refractivity contribution in [1.82, 2.24) is 4.90 Å². The van der Waals surface area contributed by atoms with Crippen molar-refractivity contribution in [3.05, 3.63) is 29.8 Å². The molecule has 0 N–H and O–H groups in total. The zero-order valence-electron chi connectivity index (χ0n) is 30.4. The first-order chi connectivity index (χ1) is 22.9. The quantitative estimate of drug-likeness (QED) is 0.219. The normalized spacial score (nSPS) is 27.1. The predicted octanol–water partition coefficient (Wildman–Crippen LogP) is 6.62. The van der Waals surface area contributed by atoms with Crippen LogP contribution in [0.1, 0.15) is 124 Å². The Labute approximate surface area is 293 Å². The number of piperidine rings is 1. The molecule has 3 fully saturated rings. The predicted molar refractivity (Wildman–Crippen MR) is 187 cm³/mol. The molecule has 0 bridgehead atoms. The minimum absolute atomic E-state index is 0.0483. The lowest BCUT2D eigenvalue weighted by Gasteiger charge is -2.33. The highest BCUT2D eigenvalue weighted by Gasteiger charge is 2.69. The van der Waals surface area contributed by atoms with E-state index < -0.39 is 63.0 Å². The van der Waals surface area contributed by atoms with E-state index in [1.54, 1.807) is 37.8 Å². The first-order valence-electron chi connectivity index (χ1n) is 18.3. The van der Waals surface area contributed by atoms with Gasteiger partial charge in [-0.15, -0.1) is 0 Å². The molecular formula is C39H57NO8S. The number of nitrogens with zero attached hydrogens (tertiary/aromatic N) is 1. The number of ether oxygens (including phenoxy) is 1. The van der Waals surface area contributed by atoms with Crippen molar-refractivity contribution in [2.24, 2.45) is 29.1 Å². The summed E-state index contributed by atoms with van der Waals surface area (Å²) >= 11 is 0. The van der Waals surface area contributed by atoms with Crippen LogP contribution in [0, 0.1) is 36.0 Å². The van der Waals surface area contributed by atoms with Gasteiger partial charge in [-0.1, -0.05) is 82.9 Å². The molecule has 1 aromatic rings. The molecule has 4 rings (SSSR count). The van der Waals surface area contributed by atoms with E-state index >= 15 is 0 Å². The van der Waals surface area contributed by atoms with Gasteiger partial charge in [-0.05, 0) is 69.9 Å². The zero-order valence-corrected chi connectivity index (χ0v) is 31.2. The van der Waals surface area contributed by atoms with E-state index in [0.29, 0.717) is 25.8 Å². The monoisotopic (exact) mass is 699 g/mol. The molecule has 2 heterocycles. The lowest BCUT2D eigenvalue weighted by Crippen LogP contribution is -2.49. The number of carbonyl (C=O) groups is 5. The Morgan fingerprint density at radius 3 is 2.06 bits per heavy atom. The standard InChI is InChI=1S/C39H57NO8S/c1-26-17-19-29(20-18-26)49(46,47)22-21-31(41)36(44)27-15-13-11-9-7-8-10-12-14-16-28(24-33(43)48-38(2,3)4)37(45)40-25-30-34(39(30,5)6)35(40)32(42)23-27/h17-20,27-28,30,34-35H,7-16,21-25H2,1-6H3/t27-,28-,30?,34+,35-/m1/s1. The number of rotatable bonds is 8. The third-order valence-electron chi connectivity index (χ3n) is 10.9. The average molecular weight is 700 g/mol. The van der Waals surface area contributed by atoms with Gasteiger partial charge < -0.3 is 9.64 Å². The van der Waals surface area contributed by atoms with E-state index in [-0.39, 0.29) is 46.7 Å². The minimum Gasteiger partial charge on any atom is -0.460 e. The third kappa shape index (κ3) is 10.1. The maximum absolute atomic E-state index is 14.3. The minimum atomic E-state index is -3.77. The van der Waals surface area contributed by atoms with Crippen molar-refractivity contribution in [2.45, 2.75) is 142 Å². The topological polar surface area (TPSA) is 132 Å². The molecule has 2 saturated heterocycles. The van der Waals surface area contributed by atoms with E-state index in [2.05, 4.69) is 13.8 Å². The Bertz CT molecular complexity index is 1490. The van der Waals surface area contributed by atoms with Crippen molar-refractivity contribution in [3.8, 4) is 0 Å². The Morgan fingerprint density at radius 2 is 1.47 bits per heavy atom. The van der Waals surface area contributed by atoms with E-state index in [0.717, 1.165) is 50.5 Å². The van der Waals surface area contributed by atoms with Gasteiger partial charge in [0.2, 0.25) is 11.7 Å². The summed E-state index contributed by atoms with van der Waals surface area (Å²) in [5.41, 5.74) is 0.0850. The number of esters is 1. The van der Waals surface area contributed by atoms with Gasteiger partial charge in [0.1, 0.15) is 5.60 Å². The molecule has 0 spiro atoms. The Morgan fingerprint density at radius 1 is 0.898 bits per heavy atom. The SMILES string of the molecule is Cc1ccc(S(=O)(=O)CCC(=O)C(=O)[C@@H]2CCCCCCCCCC[C@H](CC(=O)OC(C)(C)C)C(=O)N3CC4[C@@H]([C@H]3C(=O)C2)C4(C)C)cc1. The number of sulfone groups is 1. The Kier molecular flexibility index (Phi) is 12.7. The van der Waals surface area contributed by atoms with Gasteiger partial charge in [0.05, 0.1) is 23.1 Å². The molecule has 1 unspecified atom stereocenters. The second kappa shape index (κ2) is 16.0. The van der Waals surface area contributed by atoms with Crippen molar-refractivity contribution >= 4 is 39.1 Å². The molecule has 49 heavy (non-hydrogen) atoms. The fourth-order valence-electron chi connectivity index (χ4n) is 7.99. The van der Waals surface area contributed by atoms with Crippen molar-refractivity contribution in [2.75, 3.05) is 12.3 Å². The molecule has 1 aromatic carbocycles. The molecule has 9 nitrogen and oxygen atoms in total. The van der Waals surface area contributed by atoms with Crippen LogP contribution < -0.4 is 0 Å². The first kappa shape index (κ1) is 38.9. The van der Waals surface area contributed by atoms with Gasteiger partial charge in [0.15, 0.2) is 21.4 Å². The van der Waals surface area contributed by atoms with Gasteiger partial charge in [-0.2, -0.15) is 0 Å². The van der Waals surface area contributed by atoms with Crippen LogP contribution in [0.25, 0.3) is 0 Å². The Hall–Kier alpha value is -2.88. The maximum Gasteiger partial charge on any atom is 0.307 e. The summed E-state index contributed by atoms with van der Waals surface area (Å²) < 4.78 is 31.4. The van der Waals surface area contributed by atoms with Crippen LogP contribution in [0.15, 0.2) is 29.2 Å². The van der Waals surface area contributed by atoms with Gasteiger partial charge in [0, 0.05) is 31.2 Å². The van der Waals surface area contributed by atoms with Gasteiger partial charge in [-0.25, -0.2) is 8.42 Å². The van der Waals surface area contributed by atoms with Crippen molar-refractivity contribution in [1.29, 1.82) is 0 Å². The van der Waals surface area contributed by atoms with E-state index in [9.17, 15) is 32.4 Å². The third-order valence-corrected chi connectivity index (χ3v) is 12.7. The smallest absolute Gasteiger partial charge is 0.307 e. The largest absolute Gasteiger partial charge is 0.460 e. The summed E-state index contributed by atoms with van der Waals surface area (Å²) in [4.78, 5) is 70.1. The molecule has 5 atom stereocenters. The number of benzene rings is 1. The summed E-state index contributed by atoms with van der Waals surface area (Å²) in [6.07, 6.45) is 7.64. The highest BCUT2D eigenvalue weighted by atomic mass is 32.2. The van der Waals surface area contributed by atoms with Crippen molar-refractivity contribution in [3.63, 3.8) is 0 Å². The van der Waals surface area contributed by atoms with Gasteiger partial charge in [-0.3, -0.25) is 24.0 Å². The number of fused-ring (bicyclic) bond motifs is 3. The van der Waals surface area contributed by atoms with E-state index in [1.807, 2.05) is 6.92 Å². The van der Waals surface area contributed by atoms with Crippen LogP contribution in [-0.2, 0) is 38.5 Å². The van der Waals surface area contributed by atoms with Gasteiger partial charge >= 0.3 is 5.97 Å². The Balaban J connectivity index is 1.54. The number of hydrogen-bond acceptors (Lipinski definition) is 8. The van der Waals surface area contributed by atoms with Crippen LogP contribution in [0.2, 0.25) is 0 Å². The molecule has 3 aliphatic rings. The molecule has 272 valence electrons. The average Bonchev–Trinajstić information content (AvgIpc) is 3.32. The number of aryl methyl sites for hydroxylation is 1. The molecular weight excluding hydrogens is 642 g/mol. The lowest BCUT2D eigenvalue weighted by molar-refractivity contribution is -0.159. The summed E-state index contributed by atoms with van der Waals surface area (Å²) in [7, 11) is -3.77. The van der Waals surface area contributed by atoms with Gasteiger partial charge in [0.25, 0.3) is 0 Å². The fraction of sp³-hybridized carbons (Fsp3) is 0.718. The number of hydrogen-bond donors (Lipinski definition) is 0. The maximum atomic E-state index is 14.3. The second-order valence-electron chi connectivity index (χ2n) is 16.3. The molecule has 1 amide bonds. The van der Waals surface area contributed by atoms with E-state index in [1.165, 1.54) is 12.1 Å². The van der Waals surface area contributed by atoms with Crippen LogP contribution in [-0.4, -0.2) is 66.5 Å². The summed E-state index contributed by atoms with van der Waals surface area (Å²) in [6.45, 7) is 11.9. The van der Waals surface area contributed by atoms with Crippen LogP contribution >= 0.6 is 0 Å². The molecule has 2 aliphatic heterocycles. The molecule has 0 radical (unpaired) electrons. The number of Topliss-reactive ketones (excluding diaryl/α,β-unsaturated/α-hetero) is 3. The highest BCUT2D eigenvalue weighted by molar-refractivity contribution is 7.91.